The maximum atomic E-state index is 12.2. The van der Waals surface area contributed by atoms with E-state index in [1.165, 1.54) is 82.1 Å². The minimum atomic E-state index is -4.44. The van der Waals surface area contributed by atoms with Crippen molar-refractivity contribution in [1.29, 1.82) is 0 Å². The molecule has 7 heteroatoms. The molecule has 0 aliphatic heterocycles. The van der Waals surface area contributed by atoms with Crippen molar-refractivity contribution in [2.45, 2.75) is 88.9 Å². The number of benzene rings is 2. The molecule has 5 nitrogen and oxygen atoms in total. The smallest absolute Gasteiger partial charge is 0.870 e. The fraction of sp³-hybridized carbons (Fsp3) is 0.520. The number of para-hydroxylation sites is 1. The third-order valence-corrected chi connectivity index (χ3v) is 6.32. The van der Waals surface area contributed by atoms with Crippen molar-refractivity contribution in [1.82, 2.24) is 0 Å². The Morgan fingerprint density at radius 3 is 1.97 bits per heavy atom. The van der Waals surface area contributed by atoms with Gasteiger partial charge in [-0.05, 0) is 36.6 Å². The van der Waals surface area contributed by atoms with Gasteiger partial charge in [-0.1, -0.05) is 101 Å². The molecule has 0 fully saturated rings. The molecule has 0 saturated heterocycles. The van der Waals surface area contributed by atoms with Crippen LogP contribution in [0.2, 0.25) is 0 Å². The first-order valence-corrected chi connectivity index (χ1v) is 12.9. The van der Waals surface area contributed by atoms with E-state index in [2.05, 4.69) is 6.92 Å². The SMILES string of the molecule is CCCCCCCCCCCCCc1ccc([O-])c(Oc2ccccc2S(=O)(=O)O)c1.[Na+]. The average molecular weight is 471 g/mol. The van der Waals surface area contributed by atoms with Crippen LogP contribution in [0.1, 0.15) is 83.1 Å². The molecular formula is C25H35NaO5S. The molecule has 0 saturated carbocycles. The summed E-state index contributed by atoms with van der Waals surface area (Å²) in [6.07, 6.45) is 14.9. The number of aryl methyl sites for hydroxylation is 1. The van der Waals surface area contributed by atoms with Crippen molar-refractivity contribution in [3.8, 4) is 17.2 Å². The molecule has 0 heterocycles. The average Bonchev–Trinajstić information content (AvgIpc) is 2.74. The van der Waals surface area contributed by atoms with Crippen LogP contribution in [0.25, 0.3) is 0 Å². The predicted molar refractivity (Wildman–Crippen MR) is 122 cm³/mol. The molecule has 0 atom stereocenters. The Balaban J connectivity index is 0.00000512. The normalized spacial score (nSPS) is 11.2. The monoisotopic (exact) mass is 470 g/mol. The Labute approximate surface area is 215 Å². The van der Waals surface area contributed by atoms with Crippen LogP contribution in [-0.4, -0.2) is 13.0 Å². The molecule has 2 rings (SSSR count). The summed E-state index contributed by atoms with van der Waals surface area (Å²) in [6.45, 7) is 2.24. The van der Waals surface area contributed by atoms with Crippen molar-refractivity contribution in [3.63, 3.8) is 0 Å². The van der Waals surface area contributed by atoms with Gasteiger partial charge in [0, 0.05) is 0 Å². The molecule has 0 bridgehead atoms. The van der Waals surface area contributed by atoms with Crippen molar-refractivity contribution in [2.24, 2.45) is 0 Å². The molecule has 0 aliphatic rings. The Kier molecular flexibility index (Phi) is 14.2. The van der Waals surface area contributed by atoms with Crippen molar-refractivity contribution in [3.05, 3.63) is 48.0 Å². The molecule has 0 unspecified atom stereocenters. The number of rotatable bonds is 15. The van der Waals surface area contributed by atoms with E-state index in [-0.39, 0.29) is 51.7 Å². The van der Waals surface area contributed by atoms with E-state index in [1.807, 2.05) is 0 Å². The zero-order valence-corrected chi connectivity index (χ0v) is 22.3. The summed E-state index contributed by atoms with van der Waals surface area (Å²) in [5, 5.41) is 12.2. The first-order chi connectivity index (χ1) is 14.9. The third kappa shape index (κ3) is 10.7. The summed E-state index contributed by atoms with van der Waals surface area (Å²) in [5.74, 6) is -0.321. The number of unbranched alkanes of at least 4 members (excludes halogenated alkanes) is 10. The summed E-state index contributed by atoms with van der Waals surface area (Å²) in [4.78, 5) is -0.356. The van der Waals surface area contributed by atoms with Crippen LogP contribution < -0.4 is 39.4 Å². The zero-order valence-electron chi connectivity index (χ0n) is 19.5. The van der Waals surface area contributed by atoms with Crippen LogP contribution in [0.4, 0.5) is 0 Å². The largest absolute Gasteiger partial charge is 1.00 e. The molecule has 2 aromatic rings. The Morgan fingerprint density at radius 2 is 1.38 bits per heavy atom. The minimum Gasteiger partial charge on any atom is -0.870 e. The summed E-state index contributed by atoms with van der Waals surface area (Å²) < 4.78 is 38.0. The van der Waals surface area contributed by atoms with E-state index >= 15 is 0 Å². The van der Waals surface area contributed by atoms with Crippen molar-refractivity contribution < 1.29 is 52.4 Å². The van der Waals surface area contributed by atoms with Crippen LogP contribution in [0, 0.1) is 0 Å². The van der Waals surface area contributed by atoms with Gasteiger partial charge >= 0.3 is 29.6 Å². The predicted octanol–water partition coefficient (Wildman–Crippen LogP) is 3.66. The van der Waals surface area contributed by atoms with Gasteiger partial charge in [-0.3, -0.25) is 4.55 Å². The molecule has 1 N–H and O–H groups in total. The molecule has 172 valence electrons. The van der Waals surface area contributed by atoms with Gasteiger partial charge in [0.05, 0.1) is 0 Å². The summed E-state index contributed by atoms with van der Waals surface area (Å²) in [6, 6.07) is 10.6. The third-order valence-electron chi connectivity index (χ3n) is 5.42. The van der Waals surface area contributed by atoms with Crippen LogP contribution in [-0.2, 0) is 16.5 Å². The van der Waals surface area contributed by atoms with Gasteiger partial charge in [-0.2, -0.15) is 8.42 Å². The van der Waals surface area contributed by atoms with Crippen molar-refractivity contribution >= 4 is 10.1 Å². The van der Waals surface area contributed by atoms with Gasteiger partial charge in [-0.25, -0.2) is 0 Å². The molecule has 0 radical (unpaired) electrons. The Morgan fingerprint density at radius 1 is 0.812 bits per heavy atom. The van der Waals surface area contributed by atoms with E-state index in [0.29, 0.717) is 0 Å². The van der Waals surface area contributed by atoms with Crippen LogP contribution in [0.5, 0.6) is 17.2 Å². The maximum absolute atomic E-state index is 12.2. The quantitative estimate of drug-likeness (QED) is 0.244. The van der Waals surface area contributed by atoms with Gasteiger partial charge in [0.15, 0.2) is 0 Å². The summed E-state index contributed by atoms with van der Waals surface area (Å²) in [5.41, 5.74) is 0.981. The zero-order chi connectivity index (χ0) is 22.5. The summed E-state index contributed by atoms with van der Waals surface area (Å²) in [7, 11) is -4.44. The van der Waals surface area contributed by atoms with E-state index in [0.717, 1.165) is 24.8 Å². The standard InChI is InChI=1S/C25H36O5S.Na/c1-2-3-4-5-6-7-8-9-10-11-12-15-21-18-19-22(26)24(20-21)30-23-16-13-14-17-25(23)31(27,28)29;/h13-14,16-20,26H,2-12,15H2,1H3,(H,27,28,29);/q;+1/p-1. The fourth-order valence-corrected chi connectivity index (χ4v) is 4.26. The van der Waals surface area contributed by atoms with Gasteiger partial charge in [0.2, 0.25) is 0 Å². The number of hydrogen-bond donors (Lipinski definition) is 1. The molecule has 32 heavy (non-hydrogen) atoms. The van der Waals surface area contributed by atoms with Gasteiger partial charge < -0.3 is 9.84 Å². The first kappa shape index (κ1) is 29.0. The van der Waals surface area contributed by atoms with Crippen LogP contribution in [0.3, 0.4) is 0 Å². The molecule has 0 spiro atoms. The van der Waals surface area contributed by atoms with E-state index in [1.54, 1.807) is 18.2 Å². The minimum absolute atomic E-state index is 0. The van der Waals surface area contributed by atoms with Gasteiger partial charge in [0.25, 0.3) is 10.1 Å². The van der Waals surface area contributed by atoms with E-state index < -0.39 is 10.1 Å². The topological polar surface area (TPSA) is 86.7 Å². The number of hydrogen-bond acceptors (Lipinski definition) is 4. The van der Waals surface area contributed by atoms with Crippen LogP contribution in [0.15, 0.2) is 47.4 Å². The first-order valence-electron chi connectivity index (χ1n) is 11.5. The second-order valence-corrected chi connectivity index (χ2v) is 9.48. The molecule has 2 aromatic carbocycles. The molecule has 0 amide bonds. The summed E-state index contributed by atoms with van der Waals surface area (Å²) >= 11 is 0. The Hall–Kier alpha value is -1.05. The van der Waals surface area contributed by atoms with E-state index in [4.69, 9.17) is 4.74 Å². The number of ether oxygens (including phenoxy) is 1. The van der Waals surface area contributed by atoms with Gasteiger partial charge in [0.1, 0.15) is 16.4 Å². The van der Waals surface area contributed by atoms with E-state index in [9.17, 15) is 18.1 Å². The van der Waals surface area contributed by atoms with Gasteiger partial charge in [-0.15, -0.1) is 0 Å². The molecular weight excluding hydrogens is 435 g/mol. The second kappa shape index (κ2) is 15.7. The van der Waals surface area contributed by atoms with Crippen molar-refractivity contribution in [2.75, 3.05) is 0 Å². The fourth-order valence-electron chi connectivity index (χ4n) is 3.65. The molecule has 0 aliphatic carbocycles. The second-order valence-electron chi connectivity index (χ2n) is 8.09. The molecule has 0 aromatic heterocycles. The maximum Gasteiger partial charge on any atom is 1.00 e. The van der Waals surface area contributed by atoms with Crippen LogP contribution >= 0.6 is 0 Å². The Bertz CT molecular complexity index is 899.